The van der Waals surface area contributed by atoms with Crippen LogP contribution in [-0.4, -0.2) is 5.97 Å². The van der Waals surface area contributed by atoms with Crippen molar-refractivity contribution in [3.8, 4) is 0 Å². The number of benzene rings is 1. The maximum Gasteiger partial charge on any atom is 0.310 e. The molecule has 0 aromatic heterocycles. The summed E-state index contributed by atoms with van der Waals surface area (Å²) >= 11 is 14.5. The first-order valence-electron chi connectivity index (χ1n) is 6.37. The highest BCUT2D eigenvalue weighted by molar-refractivity contribution is 9.10. The summed E-state index contributed by atoms with van der Waals surface area (Å²) in [5.41, 5.74) is 0.0743. The number of carbonyl (C=O) groups is 1. The number of allylic oxidation sites excluding steroid dienone is 1. The maximum atomic E-state index is 13.7. The monoisotopic (exact) mass is 394 g/mol. The molecular weight excluding hydrogens is 382 g/mol. The normalized spacial score (nSPS) is 22.6. The summed E-state index contributed by atoms with van der Waals surface area (Å²) in [6.45, 7) is 3.77. The van der Waals surface area contributed by atoms with Crippen LogP contribution in [0.5, 0.6) is 0 Å². The minimum Gasteiger partial charge on any atom is -0.460 e. The molecule has 1 aromatic carbocycles. The van der Waals surface area contributed by atoms with Crippen LogP contribution in [0.2, 0.25) is 0 Å². The Morgan fingerprint density at radius 3 is 2.71 bits per heavy atom. The summed E-state index contributed by atoms with van der Waals surface area (Å²) < 4.78 is 19.6. The van der Waals surface area contributed by atoms with Gasteiger partial charge in [-0.15, -0.1) is 0 Å². The van der Waals surface area contributed by atoms with E-state index in [0.717, 1.165) is 0 Å². The second-order valence-corrected chi connectivity index (χ2v) is 7.45. The van der Waals surface area contributed by atoms with Crippen molar-refractivity contribution < 1.29 is 13.9 Å². The number of rotatable bonds is 4. The lowest BCUT2D eigenvalue weighted by molar-refractivity contribution is -0.147. The third kappa shape index (κ3) is 3.61. The predicted octanol–water partition coefficient (Wildman–Crippen LogP) is 5.22. The highest BCUT2D eigenvalue weighted by Gasteiger charge is 2.61. The Bertz CT molecular complexity index is 577. The lowest BCUT2D eigenvalue weighted by Gasteiger charge is -2.08. The van der Waals surface area contributed by atoms with E-state index >= 15 is 0 Å². The summed E-state index contributed by atoms with van der Waals surface area (Å²) in [6, 6.07) is 4.61. The van der Waals surface area contributed by atoms with Crippen LogP contribution >= 0.6 is 39.1 Å². The largest absolute Gasteiger partial charge is 0.460 e. The zero-order valence-electron chi connectivity index (χ0n) is 11.5. The van der Waals surface area contributed by atoms with Crippen molar-refractivity contribution >= 4 is 45.1 Å². The Hall–Kier alpha value is -0.580. The first-order chi connectivity index (χ1) is 9.75. The third-order valence-electron chi connectivity index (χ3n) is 3.89. The molecular formula is C15H14BrCl2FO2. The van der Waals surface area contributed by atoms with Gasteiger partial charge in [0.25, 0.3) is 0 Å². The van der Waals surface area contributed by atoms with Crippen molar-refractivity contribution in [3.63, 3.8) is 0 Å². The summed E-state index contributed by atoms with van der Waals surface area (Å²) in [7, 11) is 0. The lowest BCUT2D eigenvalue weighted by atomic mass is 10.1. The zero-order valence-corrected chi connectivity index (χ0v) is 14.6. The summed E-state index contributed by atoms with van der Waals surface area (Å²) in [5.74, 6) is -1.15. The van der Waals surface area contributed by atoms with Gasteiger partial charge in [0.05, 0.1) is 5.92 Å². The van der Waals surface area contributed by atoms with E-state index < -0.39 is 5.82 Å². The first kappa shape index (κ1) is 16.8. The molecule has 1 aromatic rings. The molecule has 1 saturated carbocycles. The summed E-state index contributed by atoms with van der Waals surface area (Å²) in [4.78, 5) is 12.1. The average molecular weight is 396 g/mol. The average Bonchev–Trinajstić information content (AvgIpc) is 2.89. The Labute approximate surface area is 141 Å². The molecule has 6 heteroatoms. The quantitative estimate of drug-likeness (QED) is 0.653. The van der Waals surface area contributed by atoms with E-state index in [-0.39, 0.29) is 34.3 Å². The molecule has 2 atom stereocenters. The Balaban J connectivity index is 2.02. The van der Waals surface area contributed by atoms with Gasteiger partial charge in [0.15, 0.2) is 0 Å². The van der Waals surface area contributed by atoms with E-state index in [9.17, 15) is 9.18 Å². The van der Waals surface area contributed by atoms with Gasteiger partial charge in [-0.05, 0) is 29.5 Å². The molecule has 1 aliphatic rings. The van der Waals surface area contributed by atoms with Crippen molar-refractivity contribution in [2.24, 2.45) is 17.3 Å². The molecule has 1 fully saturated rings. The van der Waals surface area contributed by atoms with E-state index in [1.54, 1.807) is 18.2 Å². The smallest absolute Gasteiger partial charge is 0.310 e. The molecule has 0 radical (unpaired) electrons. The number of carbonyl (C=O) groups excluding carboxylic acids is 1. The Morgan fingerprint density at radius 1 is 1.48 bits per heavy atom. The number of hydrogen-bond donors (Lipinski definition) is 0. The zero-order chi connectivity index (χ0) is 15.8. The molecule has 21 heavy (non-hydrogen) atoms. The minimum atomic E-state index is -0.410. The number of halogens is 4. The molecule has 2 nitrogen and oxygen atoms in total. The van der Waals surface area contributed by atoms with Crippen LogP contribution in [0.25, 0.3) is 0 Å². The van der Waals surface area contributed by atoms with Gasteiger partial charge in [-0.25, -0.2) is 4.39 Å². The van der Waals surface area contributed by atoms with E-state index in [1.165, 1.54) is 6.07 Å². The topological polar surface area (TPSA) is 26.3 Å². The molecule has 0 unspecified atom stereocenters. The van der Waals surface area contributed by atoms with Gasteiger partial charge < -0.3 is 4.74 Å². The fourth-order valence-corrected chi connectivity index (χ4v) is 3.21. The molecule has 0 spiro atoms. The molecule has 2 rings (SSSR count). The number of ether oxygens (including phenoxy) is 1. The van der Waals surface area contributed by atoms with E-state index in [4.69, 9.17) is 27.9 Å². The van der Waals surface area contributed by atoms with Crippen LogP contribution < -0.4 is 0 Å². The van der Waals surface area contributed by atoms with Gasteiger partial charge in [-0.3, -0.25) is 4.79 Å². The van der Waals surface area contributed by atoms with Crippen molar-refractivity contribution in [2.75, 3.05) is 0 Å². The molecule has 0 heterocycles. The number of hydrogen-bond acceptors (Lipinski definition) is 2. The van der Waals surface area contributed by atoms with Crippen molar-refractivity contribution in [3.05, 3.63) is 44.6 Å². The predicted molar refractivity (Wildman–Crippen MR) is 84.4 cm³/mol. The highest BCUT2D eigenvalue weighted by atomic mass is 79.9. The van der Waals surface area contributed by atoms with Crippen LogP contribution in [0.1, 0.15) is 19.4 Å². The van der Waals surface area contributed by atoms with Gasteiger partial charge >= 0.3 is 5.97 Å². The Morgan fingerprint density at radius 2 is 2.14 bits per heavy atom. The Kier molecular flexibility index (Phi) is 5.01. The fourth-order valence-electron chi connectivity index (χ4n) is 2.48. The molecule has 0 N–H and O–H groups in total. The maximum absolute atomic E-state index is 13.7. The molecule has 1 aliphatic carbocycles. The molecule has 0 saturated heterocycles. The molecule has 0 amide bonds. The lowest BCUT2D eigenvalue weighted by Crippen LogP contribution is -2.11. The van der Waals surface area contributed by atoms with E-state index in [1.807, 2.05) is 13.8 Å². The van der Waals surface area contributed by atoms with Gasteiger partial charge in [0.2, 0.25) is 0 Å². The SMILES string of the molecule is CC1(C)[C@H](C=C(Cl)Cl)[C@H]1C(=O)OCc1c(F)cccc1Br. The summed E-state index contributed by atoms with van der Waals surface area (Å²) in [6.07, 6.45) is 1.65. The molecule has 0 aliphatic heterocycles. The van der Waals surface area contributed by atoms with Crippen molar-refractivity contribution in [2.45, 2.75) is 20.5 Å². The van der Waals surface area contributed by atoms with Gasteiger partial charge in [0.1, 0.15) is 16.9 Å². The molecule has 0 bridgehead atoms. The van der Waals surface area contributed by atoms with Crippen LogP contribution in [0.15, 0.2) is 33.2 Å². The summed E-state index contributed by atoms with van der Waals surface area (Å²) in [5, 5.41) is 0. The third-order valence-corrected chi connectivity index (χ3v) is 4.89. The van der Waals surface area contributed by atoms with Crippen LogP contribution in [0, 0.1) is 23.1 Å². The van der Waals surface area contributed by atoms with Gasteiger partial charge in [-0.1, -0.05) is 59.0 Å². The van der Waals surface area contributed by atoms with Gasteiger partial charge in [0, 0.05) is 10.0 Å². The standard InChI is InChI=1S/C15H14BrCl2FO2/c1-15(2)9(6-12(17)18)13(15)14(20)21-7-8-10(16)4-3-5-11(8)19/h3-6,9,13H,7H2,1-2H3/t9-,13+/m1/s1. The second kappa shape index (κ2) is 6.27. The fraction of sp³-hybridized carbons (Fsp3) is 0.400. The van der Waals surface area contributed by atoms with E-state index in [0.29, 0.717) is 10.0 Å². The van der Waals surface area contributed by atoms with Crippen molar-refractivity contribution in [1.82, 2.24) is 0 Å². The van der Waals surface area contributed by atoms with Gasteiger partial charge in [-0.2, -0.15) is 0 Å². The number of esters is 1. The van der Waals surface area contributed by atoms with Crippen LogP contribution in [0.4, 0.5) is 4.39 Å². The first-order valence-corrected chi connectivity index (χ1v) is 7.92. The molecule has 114 valence electrons. The highest BCUT2D eigenvalue weighted by Crippen LogP contribution is 2.60. The second-order valence-electron chi connectivity index (χ2n) is 5.59. The van der Waals surface area contributed by atoms with Crippen LogP contribution in [0.3, 0.4) is 0 Å². The van der Waals surface area contributed by atoms with Crippen molar-refractivity contribution in [1.29, 1.82) is 0 Å². The van der Waals surface area contributed by atoms with E-state index in [2.05, 4.69) is 15.9 Å². The van der Waals surface area contributed by atoms with Crippen LogP contribution in [-0.2, 0) is 16.1 Å². The minimum absolute atomic E-state index is 0.0564.